The zero-order chi connectivity index (χ0) is 14.1. The van der Waals surface area contributed by atoms with Gasteiger partial charge in [-0.1, -0.05) is 18.2 Å². The highest BCUT2D eigenvalue weighted by atomic mass is 16.5. The SMILES string of the molecule is N[C@H]1Cc2cc(Oc3ccccc3)cnc2N(O)C1=O. The first-order valence-electron chi connectivity index (χ1n) is 6.15. The normalized spacial score (nSPS) is 17.8. The van der Waals surface area contributed by atoms with Crippen LogP contribution in [0.3, 0.4) is 0 Å². The molecule has 1 aromatic heterocycles. The molecule has 6 heteroatoms. The van der Waals surface area contributed by atoms with Crippen LogP contribution in [0, 0.1) is 0 Å². The molecule has 3 rings (SSSR count). The predicted molar refractivity (Wildman–Crippen MR) is 71.7 cm³/mol. The van der Waals surface area contributed by atoms with E-state index in [4.69, 9.17) is 10.5 Å². The molecule has 3 N–H and O–H groups in total. The smallest absolute Gasteiger partial charge is 0.269 e. The van der Waals surface area contributed by atoms with Gasteiger partial charge >= 0.3 is 0 Å². The van der Waals surface area contributed by atoms with Crippen molar-refractivity contribution in [1.82, 2.24) is 4.98 Å². The van der Waals surface area contributed by atoms with E-state index in [2.05, 4.69) is 4.98 Å². The summed E-state index contributed by atoms with van der Waals surface area (Å²) in [6, 6.07) is 10.2. The first kappa shape index (κ1) is 12.6. The van der Waals surface area contributed by atoms with Crippen LogP contribution in [0.2, 0.25) is 0 Å². The molecule has 0 bridgehead atoms. The number of amides is 1. The molecule has 2 heterocycles. The predicted octanol–water partition coefficient (Wildman–Crippen LogP) is 1.48. The van der Waals surface area contributed by atoms with Gasteiger partial charge < -0.3 is 10.5 Å². The van der Waals surface area contributed by atoms with Crippen molar-refractivity contribution in [1.29, 1.82) is 0 Å². The molecule has 0 fully saturated rings. The van der Waals surface area contributed by atoms with Crippen molar-refractivity contribution >= 4 is 11.7 Å². The van der Waals surface area contributed by atoms with Crippen molar-refractivity contribution in [3.05, 3.63) is 48.2 Å². The van der Waals surface area contributed by atoms with Gasteiger partial charge in [-0.3, -0.25) is 10.0 Å². The molecule has 0 saturated carbocycles. The Labute approximate surface area is 115 Å². The molecule has 0 aliphatic carbocycles. The fraction of sp³-hybridized carbons (Fsp3) is 0.143. The molecule has 0 radical (unpaired) electrons. The van der Waals surface area contributed by atoms with Gasteiger partial charge in [0.15, 0.2) is 5.82 Å². The molecule has 1 aliphatic heterocycles. The lowest BCUT2D eigenvalue weighted by molar-refractivity contribution is -0.125. The maximum absolute atomic E-state index is 11.5. The fourth-order valence-corrected chi connectivity index (χ4v) is 2.09. The number of aromatic nitrogens is 1. The number of ether oxygens (including phenoxy) is 1. The van der Waals surface area contributed by atoms with Crippen LogP contribution >= 0.6 is 0 Å². The van der Waals surface area contributed by atoms with Gasteiger partial charge in [-0.2, -0.15) is 5.06 Å². The van der Waals surface area contributed by atoms with Crippen molar-refractivity contribution in [2.45, 2.75) is 12.5 Å². The molecule has 2 aromatic rings. The summed E-state index contributed by atoms with van der Waals surface area (Å²) in [5.41, 5.74) is 6.34. The van der Waals surface area contributed by atoms with Gasteiger partial charge in [0.1, 0.15) is 11.5 Å². The fourth-order valence-electron chi connectivity index (χ4n) is 2.09. The number of hydrogen-bond donors (Lipinski definition) is 2. The Balaban J connectivity index is 1.90. The van der Waals surface area contributed by atoms with E-state index in [-0.39, 0.29) is 5.82 Å². The molecule has 1 aliphatic rings. The molecule has 102 valence electrons. The maximum Gasteiger partial charge on any atom is 0.269 e. The third-order valence-corrected chi connectivity index (χ3v) is 3.06. The molecule has 0 saturated heterocycles. The lowest BCUT2D eigenvalue weighted by Crippen LogP contribution is -2.47. The third-order valence-electron chi connectivity index (χ3n) is 3.06. The van der Waals surface area contributed by atoms with Crippen molar-refractivity contribution in [3.63, 3.8) is 0 Å². The molecule has 6 nitrogen and oxygen atoms in total. The molecular weight excluding hydrogens is 258 g/mol. The molecule has 1 amide bonds. The number of carbonyl (C=O) groups is 1. The molecule has 0 unspecified atom stereocenters. The minimum absolute atomic E-state index is 0.206. The molecule has 1 aromatic carbocycles. The lowest BCUT2D eigenvalue weighted by atomic mass is 10.0. The summed E-state index contributed by atoms with van der Waals surface area (Å²) in [5.74, 6) is 0.870. The van der Waals surface area contributed by atoms with Crippen LogP contribution < -0.4 is 15.5 Å². The first-order valence-corrected chi connectivity index (χ1v) is 6.15. The number of hydrogen-bond acceptors (Lipinski definition) is 5. The number of para-hydroxylation sites is 1. The van der Waals surface area contributed by atoms with Gasteiger partial charge in [-0.25, -0.2) is 4.98 Å². The highest BCUT2D eigenvalue weighted by Gasteiger charge is 2.31. The topological polar surface area (TPSA) is 88.7 Å². The zero-order valence-corrected chi connectivity index (χ0v) is 10.6. The summed E-state index contributed by atoms with van der Waals surface area (Å²) in [6.45, 7) is 0. The number of rotatable bonds is 2. The summed E-state index contributed by atoms with van der Waals surface area (Å²) in [4.78, 5) is 15.6. The Morgan fingerprint density at radius 2 is 2.05 bits per heavy atom. The highest BCUT2D eigenvalue weighted by molar-refractivity contribution is 5.97. The second kappa shape index (κ2) is 4.92. The van der Waals surface area contributed by atoms with E-state index in [0.29, 0.717) is 28.5 Å². The summed E-state index contributed by atoms with van der Waals surface area (Å²) >= 11 is 0. The van der Waals surface area contributed by atoms with Crippen LogP contribution in [-0.4, -0.2) is 22.1 Å². The number of benzene rings is 1. The van der Waals surface area contributed by atoms with E-state index in [1.165, 1.54) is 6.20 Å². The van der Waals surface area contributed by atoms with Crippen LogP contribution in [0.15, 0.2) is 42.6 Å². The Hall–Kier alpha value is -2.44. The van der Waals surface area contributed by atoms with Gasteiger partial charge in [-0.05, 0) is 18.2 Å². The average Bonchev–Trinajstić information content (AvgIpc) is 2.46. The number of fused-ring (bicyclic) bond motifs is 1. The number of nitrogens with two attached hydrogens (primary N) is 1. The largest absolute Gasteiger partial charge is 0.456 e. The number of anilines is 1. The minimum Gasteiger partial charge on any atom is -0.456 e. The number of hydroxylamine groups is 1. The van der Waals surface area contributed by atoms with Gasteiger partial charge in [0, 0.05) is 12.0 Å². The van der Waals surface area contributed by atoms with Gasteiger partial charge in [0.2, 0.25) is 0 Å². The number of carbonyl (C=O) groups excluding carboxylic acids is 1. The van der Waals surface area contributed by atoms with E-state index in [1.807, 2.05) is 30.3 Å². The maximum atomic E-state index is 11.5. The monoisotopic (exact) mass is 271 g/mol. The van der Waals surface area contributed by atoms with Gasteiger partial charge in [0.05, 0.1) is 12.2 Å². The highest BCUT2D eigenvalue weighted by Crippen LogP contribution is 2.29. The molecule has 0 spiro atoms. The number of nitrogens with zero attached hydrogens (tertiary/aromatic N) is 2. The van der Waals surface area contributed by atoms with Gasteiger partial charge in [-0.15, -0.1) is 0 Å². The quantitative estimate of drug-likeness (QED) is 0.808. The van der Waals surface area contributed by atoms with Crippen molar-refractivity contribution in [3.8, 4) is 11.5 Å². The molecule has 1 atom stereocenters. The van der Waals surface area contributed by atoms with Crippen LogP contribution in [0.25, 0.3) is 0 Å². The molecular formula is C14H13N3O3. The van der Waals surface area contributed by atoms with E-state index < -0.39 is 11.9 Å². The van der Waals surface area contributed by atoms with E-state index >= 15 is 0 Å². The van der Waals surface area contributed by atoms with Crippen molar-refractivity contribution in [2.24, 2.45) is 5.73 Å². The van der Waals surface area contributed by atoms with Crippen molar-refractivity contribution in [2.75, 3.05) is 5.06 Å². The standard InChI is InChI=1S/C14H13N3O3/c15-12-7-9-6-11(20-10-4-2-1-3-5-10)8-16-13(9)17(19)14(12)18/h1-6,8,12,19H,7,15H2/t12-/m0/s1. The van der Waals surface area contributed by atoms with Crippen LogP contribution in [0.1, 0.15) is 5.56 Å². The summed E-state index contributed by atoms with van der Waals surface area (Å²) in [6.07, 6.45) is 1.78. The van der Waals surface area contributed by atoms with Gasteiger partial charge in [0.25, 0.3) is 5.91 Å². The summed E-state index contributed by atoms with van der Waals surface area (Å²) in [7, 11) is 0. The summed E-state index contributed by atoms with van der Waals surface area (Å²) in [5, 5.41) is 10.2. The Morgan fingerprint density at radius 3 is 2.80 bits per heavy atom. The van der Waals surface area contributed by atoms with E-state index in [9.17, 15) is 10.0 Å². The Kier molecular flexibility index (Phi) is 3.09. The molecule has 20 heavy (non-hydrogen) atoms. The van der Waals surface area contributed by atoms with Crippen LogP contribution in [-0.2, 0) is 11.2 Å². The first-order chi connectivity index (χ1) is 9.65. The van der Waals surface area contributed by atoms with Crippen molar-refractivity contribution < 1.29 is 14.7 Å². The zero-order valence-electron chi connectivity index (χ0n) is 10.6. The van der Waals surface area contributed by atoms with E-state index in [0.717, 1.165) is 0 Å². The van der Waals surface area contributed by atoms with Crippen LogP contribution in [0.5, 0.6) is 11.5 Å². The number of pyridine rings is 1. The second-order valence-corrected chi connectivity index (χ2v) is 4.53. The van der Waals surface area contributed by atoms with E-state index in [1.54, 1.807) is 6.07 Å². The Bertz CT molecular complexity index is 645. The average molecular weight is 271 g/mol. The van der Waals surface area contributed by atoms with Crippen LogP contribution in [0.4, 0.5) is 5.82 Å². The minimum atomic E-state index is -0.763. The third kappa shape index (κ3) is 2.22. The second-order valence-electron chi connectivity index (χ2n) is 4.53. The summed E-state index contributed by atoms with van der Waals surface area (Å²) < 4.78 is 5.65. The lowest BCUT2D eigenvalue weighted by Gasteiger charge is -2.26. The Morgan fingerprint density at radius 1 is 1.30 bits per heavy atom.